The Balaban J connectivity index is 1.82. The van der Waals surface area contributed by atoms with Gasteiger partial charge in [0.2, 0.25) is 0 Å². The molecule has 0 amide bonds. The fourth-order valence-electron chi connectivity index (χ4n) is 2.69. The van der Waals surface area contributed by atoms with E-state index in [1.54, 1.807) is 19.4 Å². The number of hydrogen-bond donors (Lipinski definition) is 5. The van der Waals surface area contributed by atoms with E-state index in [1.807, 2.05) is 31.6 Å². The summed E-state index contributed by atoms with van der Waals surface area (Å²) < 4.78 is 2.06. The highest BCUT2D eigenvalue weighted by atomic mass is 15.1. The molecule has 0 aliphatic carbocycles. The van der Waals surface area contributed by atoms with Crippen LogP contribution in [0, 0.1) is 5.41 Å². The second kappa shape index (κ2) is 8.28. The molecule has 0 aromatic carbocycles. The SMILES string of the molecule is CN/C=C(\C=N)c1cnc(N)c(NCc2ccc3ncc(CNC)n3c2)n1. The van der Waals surface area contributed by atoms with Crippen molar-refractivity contribution in [1.29, 1.82) is 5.41 Å². The molecule has 0 aliphatic rings. The van der Waals surface area contributed by atoms with Crippen LogP contribution in [0.1, 0.15) is 17.0 Å². The average molecular weight is 365 g/mol. The first kappa shape index (κ1) is 18.3. The Morgan fingerprint density at radius 3 is 2.81 bits per heavy atom. The molecule has 3 heterocycles. The summed E-state index contributed by atoms with van der Waals surface area (Å²) in [4.78, 5) is 13.1. The molecule has 0 spiro atoms. The molecule has 9 heteroatoms. The van der Waals surface area contributed by atoms with Crippen LogP contribution in [-0.4, -0.2) is 39.7 Å². The number of nitrogens with zero attached hydrogens (tertiary/aromatic N) is 4. The normalized spacial score (nSPS) is 11.6. The number of imidazole rings is 1. The third kappa shape index (κ3) is 4.04. The van der Waals surface area contributed by atoms with Gasteiger partial charge in [-0.25, -0.2) is 15.0 Å². The van der Waals surface area contributed by atoms with Gasteiger partial charge in [0.25, 0.3) is 0 Å². The van der Waals surface area contributed by atoms with Crippen molar-refractivity contribution in [3.63, 3.8) is 0 Å². The number of rotatable bonds is 8. The van der Waals surface area contributed by atoms with E-state index in [9.17, 15) is 0 Å². The lowest BCUT2D eigenvalue weighted by atomic mass is 10.2. The molecule has 0 bridgehead atoms. The quantitative estimate of drug-likeness (QED) is 0.380. The van der Waals surface area contributed by atoms with Crippen LogP contribution in [0.4, 0.5) is 11.6 Å². The van der Waals surface area contributed by atoms with Crippen molar-refractivity contribution in [3.8, 4) is 0 Å². The number of nitrogens with one attached hydrogen (secondary N) is 4. The van der Waals surface area contributed by atoms with Crippen molar-refractivity contribution in [3.05, 3.63) is 53.9 Å². The summed E-state index contributed by atoms with van der Waals surface area (Å²) in [5, 5.41) is 16.8. The Morgan fingerprint density at radius 2 is 2.07 bits per heavy atom. The predicted molar refractivity (Wildman–Crippen MR) is 108 cm³/mol. The Morgan fingerprint density at radius 1 is 1.22 bits per heavy atom. The molecular weight excluding hydrogens is 342 g/mol. The number of allylic oxidation sites excluding steroid dienone is 1. The Kier molecular flexibility index (Phi) is 5.62. The molecule has 0 aliphatic heterocycles. The van der Waals surface area contributed by atoms with E-state index in [0.29, 0.717) is 29.4 Å². The van der Waals surface area contributed by atoms with Gasteiger partial charge in [-0.15, -0.1) is 0 Å². The fraction of sp³-hybridized carbons (Fsp3) is 0.222. The summed E-state index contributed by atoms with van der Waals surface area (Å²) in [6, 6.07) is 3.99. The number of nitrogen functional groups attached to an aromatic ring is 1. The highest BCUT2D eigenvalue weighted by molar-refractivity contribution is 6.07. The zero-order valence-corrected chi connectivity index (χ0v) is 15.3. The summed E-state index contributed by atoms with van der Waals surface area (Å²) >= 11 is 0. The summed E-state index contributed by atoms with van der Waals surface area (Å²) in [6.45, 7) is 1.27. The first-order valence-electron chi connectivity index (χ1n) is 8.50. The first-order chi connectivity index (χ1) is 13.2. The van der Waals surface area contributed by atoms with Crippen LogP contribution < -0.4 is 21.7 Å². The Hall–Kier alpha value is -3.46. The average Bonchev–Trinajstić information content (AvgIpc) is 3.08. The maximum atomic E-state index is 7.51. The molecule has 6 N–H and O–H groups in total. The van der Waals surface area contributed by atoms with Crippen LogP contribution in [0.5, 0.6) is 0 Å². The smallest absolute Gasteiger partial charge is 0.169 e. The minimum absolute atomic E-state index is 0.312. The van der Waals surface area contributed by atoms with Gasteiger partial charge in [-0.2, -0.15) is 0 Å². The van der Waals surface area contributed by atoms with E-state index in [4.69, 9.17) is 11.1 Å². The number of hydrogen-bond acceptors (Lipinski definition) is 8. The third-order valence-electron chi connectivity index (χ3n) is 4.01. The van der Waals surface area contributed by atoms with Crippen LogP contribution in [0.3, 0.4) is 0 Å². The molecule has 3 aromatic heterocycles. The predicted octanol–water partition coefficient (Wildman–Crippen LogP) is 1.25. The second-order valence-corrected chi connectivity index (χ2v) is 5.92. The van der Waals surface area contributed by atoms with Gasteiger partial charge in [0.1, 0.15) is 5.65 Å². The number of fused-ring (bicyclic) bond motifs is 1. The van der Waals surface area contributed by atoms with Crippen LogP contribution in [-0.2, 0) is 13.1 Å². The fourth-order valence-corrected chi connectivity index (χ4v) is 2.69. The highest BCUT2D eigenvalue weighted by Crippen LogP contribution is 2.18. The summed E-state index contributed by atoms with van der Waals surface area (Å²) in [5.74, 6) is 0.796. The van der Waals surface area contributed by atoms with Gasteiger partial charge in [-0.3, -0.25) is 0 Å². The number of nitrogens with two attached hydrogens (primary N) is 1. The van der Waals surface area contributed by atoms with Gasteiger partial charge in [-0.05, 0) is 18.7 Å². The maximum Gasteiger partial charge on any atom is 0.169 e. The monoisotopic (exact) mass is 365 g/mol. The Bertz CT molecular complexity index is 974. The third-order valence-corrected chi connectivity index (χ3v) is 4.01. The van der Waals surface area contributed by atoms with Crippen molar-refractivity contribution < 1.29 is 0 Å². The van der Waals surface area contributed by atoms with Crippen molar-refractivity contribution >= 4 is 29.1 Å². The molecule has 0 saturated heterocycles. The number of pyridine rings is 1. The zero-order chi connectivity index (χ0) is 19.2. The van der Waals surface area contributed by atoms with Gasteiger partial charge >= 0.3 is 0 Å². The molecule has 0 atom stereocenters. The summed E-state index contributed by atoms with van der Waals surface area (Å²) in [7, 11) is 3.67. The van der Waals surface area contributed by atoms with Crippen LogP contribution in [0.2, 0.25) is 0 Å². The molecule has 0 fully saturated rings. The number of anilines is 2. The second-order valence-electron chi connectivity index (χ2n) is 5.92. The molecule has 9 nitrogen and oxygen atoms in total. The van der Waals surface area contributed by atoms with Gasteiger partial charge < -0.3 is 31.5 Å². The summed E-state index contributed by atoms with van der Waals surface area (Å²) in [6.07, 6.45) is 8.36. The van der Waals surface area contributed by atoms with Crippen molar-refractivity contribution in [1.82, 2.24) is 30.0 Å². The van der Waals surface area contributed by atoms with E-state index >= 15 is 0 Å². The van der Waals surface area contributed by atoms with E-state index in [-0.39, 0.29) is 0 Å². The van der Waals surface area contributed by atoms with Crippen LogP contribution >= 0.6 is 0 Å². The lowest BCUT2D eigenvalue weighted by Gasteiger charge is -2.11. The van der Waals surface area contributed by atoms with Crippen molar-refractivity contribution in [2.45, 2.75) is 13.1 Å². The first-order valence-corrected chi connectivity index (χ1v) is 8.50. The minimum atomic E-state index is 0.312. The number of aromatic nitrogens is 4. The molecule has 27 heavy (non-hydrogen) atoms. The minimum Gasteiger partial charge on any atom is -0.393 e. The molecule has 140 valence electrons. The molecule has 0 radical (unpaired) electrons. The van der Waals surface area contributed by atoms with Gasteiger partial charge in [0.15, 0.2) is 11.6 Å². The van der Waals surface area contributed by atoms with Crippen molar-refractivity contribution in [2.75, 3.05) is 25.1 Å². The summed E-state index contributed by atoms with van der Waals surface area (Å²) in [5.41, 5.74) is 10.2. The standard InChI is InChI=1S/C18H23N9/c1-21-7-13(5-19)15-10-24-17(20)18(26-15)25-6-12-3-4-16-23-9-14(8-22-2)27(16)11-12/h3-5,7,9-11,19,21-22H,6,8H2,1-2H3,(H2,20,24)(H,25,26)/b13-7+,19-5?. The van der Waals surface area contributed by atoms with Crippen LogP contribution in [0.15, 0.2) is 36.9 Å². The van der Waals surface area contributed by atoms with Gasteiger partial charge in [-0.1, -0.05) is 6.07 Å². The van der Waals surface area contributed by atoms with Gasteiger partial charge in [0.05, 0.1) is 23.8 Å². The van der Waals surface area contributed by atoms with Crippen molar-refractivity contribution in [2.24, 2.45) is 0 Å². The van der Waals surface area contributed by atoms with E-state index < -0.39 is 0 Å². The molecule has 3 rings (SSSR count). The van der Waals surface area contributed by atoms with E-state index in [1.165, 1.54) is 6.21 Å². The lowest BCUT2D eigenvalue weighted by Crippen LogP contribution is -2.10. The van der Waals surface area contributed by atoms with Crippen LogP contribution in [0.25, 0.3) is 11.2 Å². The lowest BCUT2D eigenvalue weighted by molar-refractivity contribution is 0.780. The molecule has 3 aromatic rings. The highest BCUT2D eigenvalue weighted by Gasteiger charge is 2.08. The zero-order valence-electron chi connectivity index (χ0n) is 15.3. The van der Waals surface area contributed by atoms with E-state index in [2.05, 4.69) is 35.3 Å². The molecule has 0 unspecified atom stereocenters. The largest absolute Gasteiger partial charge is 0.393 e. The Labute approximate surface area is 157 Å². The molecule has 0 saturated carbocycles. The maximum absolute atomic E-state index is 7.51. The molecular formula is C18H23N9. The van der Waals surface area contributed by atoms with Gasteiger partial charge in [0, 0.05) is 44.3 Å². The van der Waals surface area contributed by atoms with E-state index in [0.717, 1.165) is 23.4 Å². The topological polar surface area (TPSA) is 129 Å².